The molecule has 2 aromatic carbocycles. The average Bonchev–Trinajstić information content (AvgIpc) is 3.02. The highest BCUT2D eigenvalue weighted by atomic mass is 32.2. The fourth-order valence-corrected chi connectivity index (χ4v) is 6.19. The molecule has 1 amide bonds. The van der Waals surface area contributed by atoms with Gasteiger partial charge in [-0.05, 0) is 48.4 Å². The maximum atomic E-state index is 13.1. The van der Waals surface area contributed by atoms with Crippen LogP contribution in [0.2, 0.25) is 0 Å². The maximum absolute atomic E-state index is 13.1. The number of hydrogen-bond acceptors (Lipinski definition) is 5. The smallest absolute Gasteiger partial charge is 0.241 e. The Balaban J connectivity index is 1.56. The van der Waals surface area contributed by atoms with Crippen LogP contribution < -0.4 is 9.64 Å². The van der Waals surface area contributed by atoms with Gasteiger partial charge in [0.15, 0.2) is 9.84 Å². The number of anilines is 1. The number of rotatable bonds is 5. The summed E-state index contributed by atoms with van der Waals surface area (Å²) in [7, 11) is -1.67. The van der Waals surface area contributed by atoms with Crippen LogP contribution in [-0.2, 0) is 21.1 Å². The van der Waals surface area contributed by atoms with Crippen LogP contribution in [0.4, 0.5) is 10.1 Å². The van der Waals surface area contributed by atoms with E-state index in [-0.39, 0.29) is 35.8 Å². The molecule has 154 valence electrons. The maximum Gasteiger partial charge on any atom is 0.241 e. The fraction of sp³-hybridized carbons (Fsp3) is 0.381. The molecule has 0 saturated carbocycles. The van der Waals surface area contributed by atoms with Gasteiger partial charge in [-0.1, -0.05) is 12.1 Å². The second-order valence-electron chi connectivity index (χ2n) is 7.52. The Morgan fingerprint density at radius 1 is 1.03 bits per heavy atom. The summed E-state index contributed by atoms with van der Waals surface area (Å²) < 4.78 is 43.1. The van der Waals surface area contributed by atoms with Gasteiger partial charge in [0.05, 0.1) is 31.2 Å². The SMILES string of the molecule is COc1ccc(N2C(=O)CN(CCc3ccc(F)cc3)[C@@H]3CS(=O)(=O)C[C@@H]32)cc1. The number of piperazine rings is 1. The van der Waals surface area contributed by atoms with Gasteiger partial charge in [0.2, 0.25) is 5.91 Å². The van der Waals surface area contributed by atoms with Crippen LogP contribution in [0.1, 0.15) is 5.56 Å². The van der Waals surface area contributed by atoms with Gasteiger partial charge in [-0.3, -0.25) is 9.69 Å². The summed E-state index contributed by atoms with van der Waals surface area (Å²) in [5.74, 6) is 0.269. The molecule has 6 nitrogen and oxygen atoms in total. The summed E-state index contributed by atoms with van der Waals surface area (Å²) in [4.78, 5) is 16.6. The first kappa shape index (κ1) is 19.8. The lowest BCUT2D eigenvalue weighted by Gasteiger charge is -2.43. The van der Waals surface area contributed by atoms with Crippen molar-refractivity contribution in [2.24, 2.45) is 0 Å². The molecule has 2 aromatic rings. The van der Waals surface area contributed by atoms with E-state index < -0.39 is 15.9 Å². The zero-order valence-electron chi connectivity index (χ0n) is 16.1. The number of carbonyl (C=O) groups is 1. The first-order valence-electron chi connectivity index (χ1n) is 9.51. The van der Waals surface area contributed by atoms with Crippen LogP contribution in [0.25, 0.3) is 0 Å². The molecule has 0 aromatic heterocycles. The first-order chi connectivity index (χ1) is 13.9. The van der Waals surface area contributed by atoms with E-state index in [2.05, 4.69) is 0 Å². The normalized spacial score (nSPS) is 23.8. The molecule has 0 unspecified atom stereocenters. The van der Waals surface area contributed by atoms with E-state index in [1.807, 2.05) is 4.90 Å². The topological polar surface area (TPSA) is 66.9 Å². The van der Waals surface area contributed by atoms with Crippen molar-refractivity contribution in [2.75, 3.05) is 36.6 Å². The number of halogens is 1. The van der Waals surface area contributed by atoms with Crippen LogP contribution in [0.15, 0.2) is 48.5 Å². The van der Waals surface area contributed by atoms with Crippen molar-refractivity contribution in [3.05, 3.63) is 59.9 Å². The van der Waals surface area contributed by atoms with Crippen LogP contribution >= 0.6 is 0 Å². The summed E-state index contributed by atoms with van der Waals surface area (Å²) in [5.41, 5.74) is 1.63. The summed E-state index contributed by atoms with van der Waals surface area (Å²) in [5, 5.41) is 0. The van der Waals surface area contributed by atoms with Crippen molar-refractivity contribution >= 4 is 21.4 Å². The molecular weight excluding hydrogens is 395 g/mol. The fourth-order valence-electron chi connectivity index (χ4n) is 4.20. The number of carbonyl (C=O) groups excluding carboxylic acids is 1. The Morgan fingerprint density at radius 2 is 1.69 bits per heavy atom. The standard InChI is InChI=1S/C21H23FN2O4S/c1-28-18-8-6-17(7-9-18)24-20-14-29(26,27)13-19(20)23(12-21(24)25)11-10-15-2-4-16(22)5-3-15/h2-9,19-20H,10-14H2,1H3/t19-,20+/m1/s1. The van der Waals surface area contributed by atoms with Crippen LogP contribution in [0, 0.1) is 5.82 Å². The van der Waals surface area contributed by atoms with Crippen molar-refractivity contribution < 1.29 is 22.3 Å². The highest BCUT2D eigenvalue weighted by Crippen LogP contribution is 2.32. The van der Waals surface area contributed by atoms with Crippen molar-refractivity contribution in [1.82, 2.24) is 4.90 Å². The van der Waals surface area contributed by atoms with Gasteiger partial charge < -0.3 is 9.64 Å². The third-order valence-corrected chi connectivity index (χ3v) is 7.35. The van der Waals surface area contributed by atoms with Crippen molar-refractivity contribution in [3.63, 3.8) is 0 Å². The number of sulfone groups is 1. The van der Waals surface area contributed by atoms with Gasteiger partial charge in [-0.25, -0.2) is 12.8 Å². The zero-order chi connectivity index (χ0) is 20.6. The van der Waals surface area contributed by atoms with Crippen molar-refractivity contribution in [2.45, 2.75) is 18.5 Å². The van der Waals surface area contributed by atoms with Gasteiger partial charge in [-0.15, -0.1) is 0 Å². The molecule has 29 heavy (non-hydrogen) atoms. The molecule has 4 rings (SSSR count). The number of nitrogens with zero attached hydrogens (tertiary/aromatic N) is 2. The molecule has 8 heteroatoms. The van der Waals surface area contributed by atoms with E-state index >= 15 is 0 Å². The van der Waals surface area contributed by atoms with Gasteiger partial charge in [0, 0.05) is 18.3 Å². The number of amides is 1. The molecule has 2 atom stereocenters. The van der Waals surface area contributed by atoms with Crippen molar-refractivity contribution in [3.8, 4) is 5.75 Å². The molecule has 2 aliphatic rings. The number of benzene rings is 2. The summed E-state index contributed by atoms with van der Waals surface area (Å²) >= 11 is 0. The molecule has 2 aliphatic heterocycles. The van der Waals surface area contributed by atoms with Crippen molar-refractivity contribution in [1.29, 1.82) is 0 Å². The van der Waals surface area contributed by atoms with E-state index in [9.17, 15) is 17.6 Å². The summed E-state index contributed by atoms with van der Waals surface area (Å²) in [6, 6.07) is 12.7. The summed E-state index contributed by atoms with van der Waals surface area (Å²) in [6.07, 6.45) is 0.624. The van der Waals surface area contributed by atoms with E-state index in [1.165, 1.54) is 12.1 Å². The van der Waals surface area contributed by atoms with Gasteiger partial charge in [0.1, 0.15) is 11.6 Å². The predicted octanol–water partition coefficient (Wildman–Crippen LogP) is 1.89. The van der Waals surface area contributed by atoms with Crippen LogP contribution in [-0.4, -0.2) is 63.0 Å². The first-order valence-corrected chi connectivity index (χ1v) is 11.3. The molecule has 2 heterocycles. The number of fused-ring (bicyclic) bond motifs is 1. The molecule has 0 radical (unpaired) electrons. The Kier molecular flexibility index (Phi) is 5.31. The monoisotopic (exact) mass is 418 g/mol. The lowest BCUT2D eigenvalue weighted by atomic mass is 10.0. The molecule has 0 N–H and O–H groups in total. The second-order valence-corrected chi connectivity index (χ2v) is 9.67. The van der Waals surface area contributed by atoms with E-state index in [0.717, 1.165) is 5.56 Å². The molecule has 0 bridgehead atoms. The van der Waals surface area contributed by atoms with Gasteiger partial charge in [-0.2, -0.15) is 0 Å². The number of methoxy groups -OCH3 is 1. The third-order valence-electron chi connectivity index (χ3n) is 5.65. The van der Waals surface area contributed by atoms with E-state index in [4.69, 9.17) is 4.74 Å². The molecular formula is C21H23FN2O4S. The lowest BCUT2D eigenvalue weighted by Crippen LogP contribution is -2.62. The highest BCUT2D eigenvalue weighted by Gasteiger charge is 2.49. The Hall–Kier alpha value is -2.45. The van der Waals surface area contributed by atoms with Crippen LogP contribution in [0.3, 0.4) is 0 Å². The Labute approximate surface area is 169 Å². The lowest BCUT2D eigenvalue weighted by molar-refractivity contribution is -0.123. The quantitative estimate of drug-likeness (QED) is 0.742. The van der Waals surface area contributed by atoms with E-state index in [1.54, 1.807) is 48.4 Å². The summed E-state index contributed by atoms with van der Waals surface area (Å²) in [6.45, 7) is 0.703. The predicted molar refractivity (Wildman–Crippen MR) is 108 cm³/mol. The molecule has 0 spiro atoms. The molecule has 2 fully saturated rings. The minimum absolute atomic E-state index is 0.0392. The average molecular weight is 418 g/mol. The van der Waals surface area contributed by atoms with E-state index in [0.29, 0.717) is 24.4 Å². The highest BCUT2D eigenvalue weighted by molar-refractivity contribution is 7.91. The minimum atomic E-state index is -3.24. The third kappa shape index (κ3) is 4.13. The Bertz CT molecular complexity index is 992. The molecule has 0 aliphatic carbocycles. The zero-order valence-corrected chi connectivity index (χ0v) is 16.9. The second kappa shape index (κ2) is 7.76. The number of hydrogen-bond donors (Lipinski definition) is 0. The molecule has 2 saturated heterocycles. The van der Waals surface area contributed by atoms with Gasteiger partial charge >= 0.3 is 0 Å². The Morgan fingerprint density at radius 3 is 2.34 bits per heavy atom. The largest absolute Gasteiger partial charge is 0.497 e. The number of ether oxygens (including phenoxy) is 1. The van der Waals surface area contributed by atoms with Gasteiger partial charge in [0.25, 0.3) is 0 Å². The minimum Gasteiger partial charge on any atom is -0.497 e. The van der Waals surface area contributed by atoms with Crippen LogP contribution in [0.5, 0.6) is 5.75 Å².